The van der Waals surface area contributed by atoms with Crippen LogP contribution < -0.4 is 0 Å². The second-order valence-electron chi connectivity index (χ2n) is 14.5. The van der Waals surface area contributed by atoms with Crippen LogP contribution in [0.1, 0.15) is 22.3 Å². The average Bonchev–Trinajstić information content (AvgIpc) is 3.80. The van der Waals surface area contributed by atoms with E-state index in [4.69, 9.17) is 9.97 Å². The van der Waals surface area contributed by atoms with Crippen molar-refractivity contribution >= 4 is 31.5 Å². The molecule has 1 aliphatic rings. The Bertz CT molecular complexity index is 3020. The van der Waals surface area contributed by atoms with Crippen LogP contribution in [0.3, 0.4) is 0 Å². The van der Waals surface area contributed by atoms with E-state index in [-0.39, 0.29) is 0 Å². The number of hydrogen-bond acceptors (Lipinski definition) is 3. The molecule has 10 aromatic rings. The van der Waals surface area contributed by atoms with E-state index in [1.165, 1.54) is 64.7 Å². The molecule has 0 bridgehead atoms. The Labute approximate surface area is 330 Å². The molecule has 0 N–H and O–H groups in total. The van der Waals surface area contributed by atoms with Gasteiger partial charge in [-0.05, 0) is 68.8 Å². The Kier molecular flexibility index (Phi) is 7.61. The highest BCUT2D eigenvalue weighted by molar-refractivity contribution is 7.25. The van der Waals surface area contributed by atoms with Gasteiger partial charge in [0.25, 0.3) is 0 Å². The number of thiophene rings is 1. The number of hydrogen-bond donors (Lipinski definition) is 0. The van der Waals surface area contributed by atoms with Gasteiger partial charge in [-0.15, -0.1) is 11.3 Å². The van der Waals surface area contributed by atoms with Crippen molar-refractivity contribution in [3.05, 3.63) is 229 Å². The van der Waals surface area contributed by atoms with Gasteiger partial charge in [0, 0.05) is 36.9 Å². The molecule has 0 spiro atoms. The monoisotopic (exact) mass is 730 g/mol. The molecule has 8 aromatic carbocycles. The fourth-order valence-electron chi connectivity index (χ4n) is 8.81. The van der Waals surface area contributed by atoms with Crippen molar-refractivity contribution in [3.8, 4) is 56.2 Å². The van der Waals surface area contributed by atoms with Crippen LogP contribution in [0.25, 0.3) is 76.3 Å². The molecule has 0 atom stereocenters. The lowest BCUT2D eigenvalue weighted by atomic mass is 9.67. The van der Waals surface area contributed by atoms with Gasteiger partial charge in [0.05, 0.1) is 16.8 Å². The first kappa shape index (κ1) is 32.5. The van der Waals surface area contributed by atoms with Crippen molar-refractivity contribution < 1.29 is 0 Å². The topological polar surface area (TPSA) is 25.8 Å². The van der Waals surface area contributed by atoms with Crippen LogP contribution in [0.4, 0.5) is 0 Å². The van der Waals surface area contributed by atoms with E-state index in [2.05, 4.69) is 188 Å². The molecule has 2 heterocycles. The standard InChI is InChI=1S/C53H34N2S/c1-4-14-37(15-5-1)52-54-48(36-26-24-35(25-27-36)38-28-30-44-43-21-11-13-23-50(43)56-51(44)33-38)34-49(55-52)39-29-31-47-45(32-39)42-20-10-12-22-46(42)53(47,40-16-6-2-7-17-40)41-18-8-3-9-19-41/h1-34H. The molecule has 0 saturated carbocycles. The Morgan fingerprint density at radius 2 is 0.893 bits per heavy atom. The second-order valence-corrected chi connectivity index (χ2v) is 15.6. The molecule has 56 heavy (non-hydrogen) atoms. The van der Waals surface area contributed by atoms with Gasteiger partial charge < -0.3 is 0 Å². The third-order valence-electron chi connectivity index (χ3n) is 11.4. The molecule has 0 amide bonds. The van der Waals surface area contributed by atoms with E-state index in [0.717, 1.165) is 28.1 Å². The quantitative estimate of drug-likeness (QED) is 0.170. The fraction of sp³-hybridized carbons (Fsp3) is 0.0189. The zero-order chi connectivity index (χ0) is 37.1. The maximum atomic E-state index is 5.24. The number of aromatic nitrogens is 2. The maximum Gasteiger partial charge on any atom is 0.160 e. The van der Waals surface area contributed by atoms with Crippen molar-refractivity contribution in [2.24, 2.45) is 0 Å². The molecular weight excluding hydrogens is 697 g/mol. The molecule has 0 fully saturated rings. The average molecular weight is 731 g/mol. The Morgan fingerprint density at radius 1 is 0.339 bits per heavy atom. The van der Waals surface area contributed by atoms with E-state index in [0.29, 0.717) is 5.82 Å². The van der Waals surface area contributed by atoms with Gasteiger partial charge in [0.1, 0.15) is 0 Å². The molecule has 1 aliphatic carbocycles. The normalized spacial score (nSPS) is 12.8. The number of fused-ring (bicyclic) bond motifs is 6. The number of rotatable bonds is 6. The predicted molar refractivity (Wildman–Crippen MR) is 234 cm³/mol. The minimum atomic E-state index is -0.442. The van der Waals surface area contributed by atoms with Crippen molar-refractivity contribution in [1.29, 1.82) is 0 Å². The molecule has 2 aromatic heterocycles. The van der Waals surface area contributed by atoms with Crippen molar-refractivity contribution in [3.63, 3.8) is 0 Å². The van der Waals surface area contributed by atoms with E-state index < -0.39 is 5.41 Å². The SMILES string of the molecule is c1ccc(-c2nc(-c3ccc(-c4ccc5c(c4)sc4ccccc45)cc3)cc(-c3ccc4c(c3)-c3ccccc3C4(c3ccccc3)c3ccccc3)n2)cc1. The van der Waals surface area contributed by atoms with Crippen LogP contribution in [0.5, 0.6) is 0 Å². The maximum absolute atomic E-state index is 5.24. The lowest BCUT2D eigenvalue weighted by Gasteiger charge is -2.33. The molecule has 0 aliphatic heterocycles. The molecule has 262 valence electrons. The Morgan fingerprint density at radius 3 is 1.64 bits per heavy atom. The Hall–Kier alpha value is -6.94. The van der Waals surface area contributed by atoms with Crippen LogP contribution in [0, 0.1) is 0 Å². The van der Waals surface area contributed by atoms with Crippen LogP contribution >= 0.6 is 11.3 Å². The van der Waals surface area contributed by atoms with Crippen LogP contribution in [-0.2, 0) is 5.41 Å². The summed E-state index contributed by atoms with van der Waals surface area (Å²) in [7, 11) is 0. The van der Waals surface area contributed by atoms with Gasteiger partial charge in [0.15, 0.2) is 5.82 Å². The van der Waals surface area contributed by atoms with Crippen molar-refractivity contribution in [1.82, 2.24) is 9.97 Å². The van der Waals surface area contributed by atoms with Crippen molar-refractivity contribution in [2.75, 3.05) is 0 Å². The van der Waals surface area contributed by atoms with Crippen LogP contribution in [-0.4, -0.2) is 9.97 Å². The minimum absolute atomic E-state index is 0.442. The van der Waals surface area contributed by atoms with E-state index in [1.54, 1.807) is 0 Å². The van der Waals surface area contributed by atoms with E-state index in [1.807, 2.05) is 29.5 Å². The fourth-order valence-corrected chi connectivity index (χ4v) is 9.95. The highest BCUT2D eigenvalue weighted by Gasteiger charge is 2.46. The first-order chi connectivity index (χ1) is 27.7. The lowest BCUT2D eigenvalue weighted by molar-refractivity contribution is 0.768. The molecule has 0 radical (unpaired) electrons. The first-order valence-electron chi connectivity index (χ1n) is 19.1. The summed E-state index contributed by atoms with van der Waals surface area (Å²) in [5.74, 6) is 0.709. The summed E-state index contributed by atoms with van der Waals surface area (Å²) in [4.78, 5) is 10.4. The highest BCUT2D eigenvalue weighted by atomic mass is 32.1. The van der Waals surface area contributed by atoms with Crippen LogP contribution in [0.15, 0.2) is 206 Å². The summed E-state index contributed by atoms with van der Waals surface area (Å²) in [6.45, 7) is 0. The van der Waals surface area contributed by atoms with Gasteiger partial charge in [-0.3, -0.25) is 0 Å². The zero-order valence-electron chi connectivity index (χ0n) is 30.4. The summed E-state index contributed by atoms with van der Waals surface area (Å²) in [6.07, 6.45) is 0. The molecule has 3 heteroatoms. The first-order valence-corrected chi connectivity index (χ1v) is 19.9. The second kappa shape index (κ2) is 13.1. The van der Waals surface area contributed by atoms with Gasteiger partial charge in [-0.25, -0.2) is 9.97 Å². The molecule has 11 rings (SSSR count). The summed E-state index contributed by atoms with van der Waals surface area (Å²) in [6, 6.07) is 74.4. The molecule has 0 saturated heterocycles. The van der Waals surface area contributed by atoms with Gasteiger partial charge in [-0.1, -0.05) is 182 Å². The largest absolute Gasteiger partial charge is 0.228 e. The molecular formula is C53H34N2S. The highest BCUT2D eigenvalue weighted by Crippen LogP contribution is 2.56. The number of nitrogens with zero attached hydrogens (tertiary/aromatic N) is 2. The smallest absolute Gasteiger partial charge is 0.160 e. The van der Waals surface area contributed by atoms with E-state index >= 15 is 0 Å². The number of benzene rings is 8. The van der Waals surface area contributed by atoms with Gasteiger partial charge >= 0.3 is 0 Å². The van der Waals surface area contributed by atoms with Gasteiger partial charge in [-0.2, -0.15) is 0 Å². The van der Waals surface area contributed by atoms with Crippen molar-refractivity contribution in [2.45, 2.75) is 5.41 Å². The van der Waals surface area contributed by atoms with Gasteiger partial charge in [0.2, 0.25) is 0 Å². The summed E-state index contributed by atoms with van der Waals surface area (Å²) < 4.78 is 2.63. The molecule has 2 nitrogen and oxygen atoms in total. The minimum Gasteiger partial charge on any atom is -0.228 e. The van der Waals surface area contributed by atoms with E-state index in [9.17, 15) is 0 Å². The molecule has 0 unspecified atom stereocenters. The summed E-state index contributed by atoms with van der Waals surface area (Å²) in [5, 5.41) is 2.64. The third kappa shape index (κ3) is 5.16. The van der Waals surface area contributed by atoms with Crippen LogP contribution in [0.2, 0.25) is 0 Å². The Balaban J connectivity index is 1.04. The summed E-state index contributed by atoms with van der Waals surface area (Å²) in [5.41, 5.74) is 14.4. The third-order valence-corrected chi connectivity index (χ3v) is 12.5. The summed E-state index contributed by atoms with van der Waals surface area (Å²) >= 11 is 1.85. The predicted octanol–water partition coefficient (Wildman–Crippen LogP) is 13.9. The zero-order valence-corrected chi connectivity index (χ0v) is 31.2. The lowest BCUT2D eigenvalue weighted by Crippen LogP contribution is -2.28.